The van der Waals surface area contributed by atoms with Crippen molar-refractivity contribution in [3.63, 3.8) is 0 Å². The molecule has 0 unspecified atom stereocenters. The molecule has 1 aromatic heterocycles. The summed E-state index contributed by atoms with van der Waals surface area (Å²) >= 11 is 0. The summed E-state index contributed by atoms with van der Waals surface area (Å²) in [6.45, 7) is 6.36. The Morgan fingerprint density at radius 3 is 2.35 bits per heavy atom. The molecule has 3 N–H and O–H groups in total. The highest BCUT2D eigenvalue weighted by atomic mass is 16.1. The zero-order chi connectivity index (χ0) is 18.5. The van der Waals surface area contributed by atoms with Gasteiger partial charge < -0.3 is 10.6 Å². The fourth-order valence-electron chi connectivity index (χ4n) is 3.01. The van der Waals surface area contributed by atoms with E-state index in [4.69, 9.17) is 0 Å². The number of carbonyl (C=O) groups is 1. The molecule has 0 aliphatic heterocycles. The second kappa shape index (κ2) is 7.97. The third kappa shape index (κ3) is 4.00. The summed E-state index contributed by atoms with van der Waals surface area (Å²) in [6, 6.07) is 20.4. The monoisotopic (exact) mass is 349 g/mol. The molecular formula is C21H25N4O+. The van der Waals surface area contributed by atoms with Crippen LogP contribution < -0.4 is 10.6 Å². The van der Waals surface area contributed by atoms with E-state index in [9.17, 15) is 4.79 Å². The van der Waals surface area contributed by atoms with Gasteiger partial charge in [0, 0.05) is 5.56 Å². The van der Waals surface area contributed by atoms with Crippen LogP contribution >= 0.6 is 0 Å². The van der Waals surface area contributed by atoms with Crippen LogP contribution in [0.25, 0.3) is 5.69 Å². The average molecular weight is 349 g/mol. The van der Waals surface area contributed by atoms with Gasteiger partial charge in [-0.25, -0.2) is 4.68 Å². The van der Waals surface area contributed by atoms with Crippen LogP contribution in [0.3, 0.4) is 0 Å². The molecule has 0 radical (unpaired) electrons. The molecule has 0 saturated heterocycles. The zero-order valence-electron chi connectivity index (χ0n) is 15.4. The van der Waals surface area contributed by atoms with Crippen LogP contribution in [0.4, 0.5) is 5.69 Å². The number of para-hydroxylation sites is 1. The summed E-state index contributed by atoms with van der Waals surface area (Å²) in [7, 11) is 0. The Kier molecular flexibility index (Phi) is 5.49. The van der Waals surface area contributed by atoms with Gasteiger partial charge in [0.1, 0.15) is 6.04 Å². The lowest BCUT2D eigenvalue weighted by molar-refractivity contribution is -0.682. The van der Waals surface area contributed by atoms with Crippen molar-refractivity contribution >= 4 is 11.6 Å². The van der Waals surface area contributed by atoms with E-state index in [1.165, 1.54) is 5.56 Å². The van der Waals surface area contributed by atoms with Crippen molar-refractivity contribution in [1.82, 2.24) is 9.78 Å². The van der Waals surface area contributed by atoms with Crippen molar-refractivity contribution in [3.05, 3.63) is 77.6 Å². The van der Waals surface area contributed by atoms with E-state index in [-0.39, 0.29) is 11.9 Å². The number of aryl methyl sites for hydroxylation is 1. The molecule has 1 atom stereocenters. The smallest absolute Gasteiger partial charge is 0.279 e. The number of quaternary nitrogens is 1. The number of nitrogens with one attached hydrogen (secondary N) is 1. The number of nitrogens with two attached hydrogens (primary N) is 1. The van der Waals surface area contributed by atoms with E-state index in [1.54, 1.807) is 0 Å². The molecule has 2 aromatic carbocycles. The fraction of sp³-hybridized carbons (Fsp3) is 0.238. The maximum absolute atomic E-state index is 12.4. The van der Waals surface area contributed by atoms with Crippen LogP contribution in [0.1, 0.15) is 29.9 Å². The van der Waals surface area contributed by atoms with Crippen molar-refractivity contribution in [2.45, 2.75) is 26.8 Å². The fourth-order valence-corrected chi connectivity index (χ4v) is 3.01. The molecule has 0 saturated carbocycles. The highest BCUT2D eigenvalue weighted by molar-refractivity contribution is 5.92. The Hall–Kier alpha value is -2.92. The molecule has 1 amide bonds. The minimum atomic E-state index is -0.0217. The molecule has 0 aliphatic carbocycles. The molecule has 0 bridgehead atoms. The van der Waals surface area contributed by atoms with Gasteiger partial charge in [-0.15, -0.1) is 0 Å². The van der Waals surface area contributed by atoms with Gasteiger partial charge >= 0.3 is 0 Å². The van der Waals surface area contributed by atoms with E-state index in [0.717, 1.165) is 22.8 Å². The summed E-state index contributed by atoms with van der Waals surface area (Å²) in [5.41, 5.74) is 4.73. The van der Waals surface area contributed by atoms with Gasteiger partial charge in [0.05, 0.1) is 22.8 Å². The molecule has 0 spiro atoms. The number of amides is 1. The number of benzene rings is 2. The Morgan fingerprint density at radius 2 is 1.69 bits per heavy atom. The maximum atomic E-state index is 12.4. The van der Waals surface area contributed by atoms with Crippen LogP contribution in [-0.2, 0) is 4.79 Å². The third-order valence-electron chi connectivity index (χ3n) is 4.54. The number of carbonyl (C=O) groups excluding carboxylic acids is 1. The number of anilines is 1. The predicted octanol–water partition coefficient (Wildman–Crippen LogP) is 2.75. The van der Waals surface area contributed by atoms with Crippen LogP contribution in [0.5, 0.6) is 0 Å². The highest BCUT2D eigenvalue weighted by Gasteiger charge is 2.17. The topological polar surface area (TPSA) is 63.5 Å². The number of rotatable bonds is 6. The Balaban J connectivity index is 1.65. The Labute approximate surface area is 154 Å². The van der Waals surface area contributed by atoms with Gasteiger partial charge in [0.15, 0.2) is 6.54 Å². The predicted molar refractivity (Wildman–Crippen MR) is 103 cm³/mol. The van der Waals surface area contributed by atoms with Crippen molar-refractivity contribution in [2.24, 2.45) is 0 Å². The van der Waals surface area contributed by atoms with E-state index >= 15 is 0 Å². The SMILES string of the molecule is Cc1nn(-c2ccccc2)c(C)c1NC(=O)C[NH2+][C@H](C)c1ccccc1. The summed E-state index contributed by atoms with van der Waals surface area (Å²) in [4.78, 5) is 12.4. The van der Waals surface area contributed by atoms with Crippen LogP contribution in [0, 0.1) is 13.8 Å². The highest BCUT2D eigenvalue weighted by Crippen LogP contribution is 2.22. The first-order chi connectivity index (χ1) is 12.6. The summed E-state index contributed by atoms with van der Waals surface area (Å²) in [5, 5.41) is 9.63. The first-order valence-electron chi connectivity index (χ1n) is 8.86. The molecule has 0 aliphatic rings. The van der Waals surface area contributed by atoms with Gasteiger partial charge in [0.25, 0.3) is 5.91 Å². The van der Waals surface area contributed by atoms with Crippen LogP contribution in [-0.4, -0.2) is 22.2 Å². The lowest BCUT2D eigenvalue weighted by Gasteiger charge is -2.11. The molecule has 134 valence electrons. The Morgan fingerprint density at radius 1 is 1.08 bits per heavy atom. The molecule has 5 heteroatoms. The molecular weight excluding hydrogens is 324 g/mol. The summed E-state index contributed by atoms with van der Waals surface area (Å²) in [6.07, 6.45) is 0. The van der Waals surface area contributed by atoms with Crippen molar-refractivity contribution < 1.29 is 10.1 Å². The number of hydrogen-bond donors (Lipinski definition) is 2. The third-order valence-corrected chi connectivity index (χ3v) is 4.54. The van der Waals surface area contributed by atoms with Crippen LogP contribution in [0.2, 0.25) is 0 Å². The lowest BCUT2D eigenvalue weighted by Crippen LogP contribution is -2.86. The van der Waals surface area contributed by atoms with Crippen molar-refractivity contribution in [2.75, 3.05) is 11.9 Å². The summed E-state index contributed by atoms with van der Waals surface area (Å²) in [5.74, 6) is -0.0217. The molecule has 1 heterocycles. The summed E-state index contributed by atoms with van der Waals surface area (Å²) < 4.78 is 1.86. The van der Waals surface area contributed by atoms with Gasteiger partial charge in [-0.05, 0) is 32.9 Å². The normalized spacial score (nSPS) is 12.0. The quantitative estimate of drug-likeness (QED) is 0.719. The second-order valence-corrected chi connectivity index (χ2v) is 6.48. The van der Waals surface area contributed by atoms with Gasteiger partial charge in [0.2, 0.25) is 0 Å². The van der Waals surface area contributed by atoms with Gasteiger partial charge in [-0.1, -0.05) is 48.5 Å². The lowest BCUT2D eigenvalue weighted by atomic mass is 10.1. The molecule has 5 nitrogen and oxygen atoms in total. The number of aromatic nitrogens is 2. The molecule has 26 heavy (non-hydrogen) atoms. The number of nitrogens with zero attached hydrogens (tertiary/aromatic N) is 2. The van der Waals surface area contributed by atoms with Crippen molar-refractivity contribution in [1.29, 1.82) is 0 Å². The Bertz CT molecular complexity index is 872. The van der Waals surface area contributed by atoms with E-state index < -0.39 is 0 Å². The van der Waals surface area contributed by atoms with E-state index in [2.05, 4.69) is 29.5 Å². The molecule has 3 aromatic rings. The average Bonchev–Trinajstić information content (AvgIpc) is 2.95. The molecule has 3 rings (SSSR count). The minimum Gasteiger partial charge on any atom is -0.333 e. The zero-order valence-corrected chi connectivity index (χ0v) is 15.4. The number of hydrogen-bond acceptors (Lipinski definition) is 2. The molecule has 0 fully saturated rings. The van der Waals surface area contributed by atoms with Crippen molar-refractivity contribution in [3.8, 4) is 5.69 Å². The standard InChI is InChI=1S/C21H24N4O/c1-15(18-10-6-4-7-11-18)22-14-20(26)23-21-16(2)24-25(17(21)3)19-12-8-5-9-13-19/h4-13,15,22H,14H2,1-3H3,(H,23,26)/p+1/t15-/m1/s1. The van der Waals surface area contributed by atoms with Gasteiger partial charge in [-0.2, -0.15) is 5.10 Å². The van der Waals surface area contributed by atoms with E-state index in [0.29, 0.717) is 6.54 Å². The minimum absolute atomic E-state index is 0.0217. The van der Waals surface area contributed by atoms with E-state index in [1.807, 2.05) is 72.4 Å². The maximum Gasteiger partial charge on any atom is 0.279 e. The second-order valence-electron chi connectivity index (χ2n) is 6.48. The van der Waals surface area contributed by atoms with Crippen LogP contribution in [0.15, 0.2) is 60.7 Å². The first kappa shape index (κ1) is 17.9. The van der Waals surface area contributed by atoms with Gasteiger partial charge in [-0.3, -0.25) is 4.79 Å². The first-order valence-corrected chi connectivity index (χ1v) is 8.86. The largest absolute Gasteiger partial charge is 0.333 e.